The van der Waals surface area contributed by atoms with Crippen LogP contribution in [-0.4, -0.2) is 56.0 Å². The van der Waals surface area contributed by atoms with Gasteiger partial charge in [-0.15, -0.1) is 0 Å². The maximum absolute atomic E-state index is 14.7. The molecule has 0 radical (unpaired) electrons. The summed E-state index contributed by atoms with van der Waals surface area (Å²) < 4.78 is 25.4. The molecule has 5 nitrogen and oxygen atoms in total. The average molecular weight is 362 g/mol. The summed E-state index contributed by atoms with van der Waals surface area (Å²) >= 11 is 0. The molecule has 0 saturated carbocycles. The SMILES string of the molecule is CC(C)(C)OC(=O)N1CC=C(c2ccc(N3CCOCC3)cc2F)CC1. The normalized spacial score (nSPS) is 18.5. The van der Waals surface area contributed by atoms with E-state index in [0.29, 0.717) is 38.3 Å². The second kappa shape index (κ2) is 7.66. The molecule has 0 spiro atoms. The number of rotatable bonds is 2. The monoisotopic (exact) mass is 362 g/mol. The maximum Gasteiger partial charge on any atom is 0.410 e. The summed E-state index contributed by atoms with van der Waals surface area (Å²) in [6, 6.07) is 5.40. The summed E-state index contributed by atoms with van der Waals surface area (Å²) in [6.45, 7) is 9.44. The fraction of sp³-hybridized carbons (Fsp3) is 0.550. The lowest BCUT2D eigenvalue weighted by Crippen LogP contribution is -2.39. The smallest absolute Gasteiger partial charge is 0.410 e. The van der Waals surface area contributed by atoms with Crippen molar-refractivity contribution in [2.24, 2.45) is 0 Å². The van der Waals surface area contributed by atoms with Crippen molar-refractivity contribution in [1.82, 2.24) is 4.90 Å². The number of carbonyl (C=O) groups excluding carboxylic acids is 1. The van der Waals surface area contributed by atoms with Crippen LogP contribution < -0.4 is 4.90 Å². The lowest BCUT2D eigenvalue weighted by molar-refractivity contribution is 0.0270. The van der Waals surface area contributed by atoms with Crippen LogP contribution in [0.25, 0.3) is 5.57 Å². The van der Waals surface area contributed by atoms with Crippen molar-refractivity contribution < 1.29 is 18.7 Å². The van der Waals surface area contributed by atoms with Gasteiger partial charge in [-0.05, 0) is 51.0 Å². The van der Waals surface area contributed by atoms with Gasteiger partial charge in [-0.25, -0.2) is 9.18 Å². The van der Waals surface area contributed by atoms with Gasteiger partial charge < -0.3 is 19.3 Å². The zero-order valence-corrected chi connectivity index (χ0v) is 15.8. The summed E-state index contributed by atoms with van der Waals surface area (Å²) in [4.78, 5) is 15.9. The molecule has 0 unspecified atom stereocenters. The van der Waals surface area contributed by atoms with E-state index in [1.807, 2.05) is 39.0 Å². The topological polar surface area (TPSA) is 42.0 Å². The molecule has 0 atom stereocenters. The van der Waals surface area contributed by atoms with Crippen molar-refractivity contribution in [2.45, 2.75) is 32.8 Å². The summed E-state index contributed by atoms with van der Waals surface area (Å²) in [5, 5.41) is 0. The third kappa shape index (κ3) is 4.55. The number of carbonyl (C=O) groups is 1. The van der Waals surface area contributed by atoms with Gasteiger partial charge in [0.15, 0.2) is 0 Å². The molecule has 142 valence electrons. The number of benzene rings is 1. The Morgan fingerprint density at radius 3 is 2.50 bits per heavy atom. The Bertz CT molecular complexity index is 691. The lowest BCUT2D eigenvalue weighted by atomic mass is 9.98. The number of halogens is 1. The first-order valence-corrected chi connectivity index (χ1v) is 9.13. The zero-order chi connectivity index (χ0) is 18.7. The Morgan fingerprint density at radius 2 is 1.92 bits per heavy atom. The average Bonchev–Trinajstić information content (AvgIpc) is 2.61. The Kier molecular flexibility index (Phi) is 5.51. The van der Waals surface area contributed by atoms with Crippen molar-refractivity contribution in [3.63, 3.8) is 0 Å². The molecule has 3 rings (SSSR count). The van der Waals surface area contributed by atoms with Crippen LogP contribution >= 0.6 is 0 Å². The molecule has 1 aromatic rings. The predicted octanol–water partition coefficient (Wildman–Crippen LogP) is 3.69. The van der Waals surface area contributed by atoms with Gasteiger partial charge in [0.25, 0.3) is 0 Å². The molecule has 0 N–H and O–H groups in total. The van der Waals surface area contributed by atoms with Gasteiger partial charge in [-0.2, -0.15) is 0 Å². The molecule has 0 aromatic heterocycles. The third-order valence-corrected chi connectivity index (χ3v) is 4.54. The van der Waals surface area contributed by atoms with Crippen molar-refractivity contribution >= 4 is 17.4 Å². The van der Waals surface area contributed by atoms with E-state index in [1.165, 1.54) is 0 Å². The molecule has 1 aromatic carbocycles. The largest absolute Gasteiger partial charge is 0.444 e. The standard InChI is InChI=1S/C20H27FN2O3/c1-20(2,3)26-19(24)23-8-6-15(7-9-23)17-5-4-16(14-18(17)21)22-10-12-25-13-11-22/h4-6,14H,7-13H2,1-3H3. The molecule has 0 bridgehead atoms. The number of ether oxygens (including phenoxy) is 2. The van der Waals surface area contributed by atoms with Crippen LogP contribution in [0.4, 0.5) is 14.9 Å². The number of anilines is 1. The Balaban J connectivity index is 1.67. The van der Waals surface area contributed by atoms with Gasteiger partial charge in [0.2, 0.25) is 0 Å². The maximum atomic E-state index is 14.7. The minimum absolute atomic E-state index is 0.217. The first kappa shape index (κ1) is 18.7. The minimum Gasteiger partial charge on any atom is -0.444 e. The van der Waals surface area contributed by atoms with Crippen LogP contribution in [-0.2, 0) is 9.47 Å². The van der Waals surface area contributed by atoms with Gasteiger partial charge in [0, 0.05) is 37.4 Å². The van der Waals surface area contributed by atoms with Crippen molar-refractivity contribution in [3.8, 4) is 0 Å². The van der Waals surface area contributed by atoms with Gasteiger partial charge in [-0.1, -0.05) is 6.08 Å². The number of hydrogen-bond donors (Lipinski definition) is 0. The summed E-state index contributed by atoms with van der Waals surface area (Å²) in [5.74, 6) is -0.217. The van der Waals surface area contributed by atoms with E-state index in [-0.39, 0.29) is 11.9 Å². The van der Waals surface area contributed by atoms with Crippen molar-refractivity contribution in [2.75, 3.05) is 44.3 Å². The van der Waals surface area contributed by atoms with E-state index >= 15 is 0 Å². The third-order valence-electron chi connectivity index (χ3n) is 4.54. The molecule has 2 aliphatic rings. The van der Waals surface area contributed by atoms with Crippen LogP contribution in [0.5, 0.6) is 0 Å². The molecular weight excluding hydrogens is 335 g/mol. The van der Waals surface area contributed by atoms with Crippen LogP contribution in [0.3, 0.4) is 0 Å². The highest BCUT2D eigenvalue weighted by atomic mass is 19.1. The van der Waals surface area contributed by atoms with E-state index < -0.39 is 5.60 Å². The number of morpholine rings is 1. The van der Waals surface area contributed by atoms with Gasteiger partial charge in [0.1, 0.15) is 11.4 Å². The van der Waals surface area contributed by atoms with E-state index in [0.717, 1.165) is 24.4 Å². The highest BCUT2D eigenvalue weighted by Gasteiger charge is 2.24. The molecule has 2 aliphatic heterocycles. The molecular formula is C20H27FN2O3. The van der Waals surface area contributed by atoms with E-state index in [2.05, 4.69) is 4.90 Å². The highest BCUT2D eigenvalue weighted by molar-refractivity contribution is 5.73. The van der Waals surface area contributed by atoms with Crippen LogP contribution in [0.15, 0.2) is 24.3 Å². The zero-order valence-electron chi connectivity index (χ0n) is 15.8. The van der Waals surface area contributed by atoms with Gasteiger partial charge in [-0.3, -0.25) is 0 Å². The predicted molar refractivity (Wildman–Crippen MR) is 99.8 cm³/mol. The fourth-order valence-electron chi connectivity index (χ4n) is 3.19. The van der Waals surface area contributed by atoms with Crippen molar-refractivity contribution in [1.29, 1.82) is 0 Å². The first-order valence-electron chi connectivity index (χ1n) is 9.13. The van der Waals surface area contributed by atoms with Crippen LogP contribution in [0.1, 0.15) is 32.8 Å². The van der Waals surface area contributed by atoms with Gasteiger partial charge >= 0.3 is 6.09 Å². The van der Waals surface area contributed by atoms with Crippen molar-refractivity contribution in [3.05, 3.63) is 35.7 Å². The van der Waals surface area contributed by atoms with E-state index in [9.17, 15) is 9.18 Å². The van der Waals surface area contributed by atoms with Gasteiger partial charge in [0.05, 0.1) is 13.2 Å². The lowest BCUT2D eigenvalue weighted by Gasteiger charge is -2.30. The van der Waals surface area contributed by atoms with E-state index in [4.69, 9.17) is 9.47 Å². The molecule has 6 heteroatoms. The Hall–Kier alpha value is -2.08. The molecule has 0 aliphatic carbocycles. The summed E-state index contributed by atoms with van der Waals surface area (Å²) in [5.41, 5.74) is 1.94. The summed E-state index contributed by atoms with van der Waals surface area (Å²) in [6.07, 6.45) is 2.21. The fourth-order valence-corrected chi connectivity index (χ4v) is 3.19. The molecule has 1 saturated heterocycles. The molecule has 1 fully saturated rings. The second-order valence-electron chi connectivity index (χ2n) is 7.67. The molecule has 26 heavy (non-hydrogen) atoms. The number of amides is 1. The molecule has 2 heterocycles. The Labute approximate surface area is 154 Å². The minimum atomic E-state index is -0.511. The first-order chi connectivity index (χ1) is 12.3. The summed E-state index contributed by atoms with van der Waals surface area (Å²) in [7, 11) is 0. The van der Waals surface area contributed by atoms with Crippen LogP contribution in [0.2, 0.25) is 0 Å². The number of nitrogens with zero attached hydrogens (tertiary/aromatic N) is 2. The number of hydrogen-bond acceptors (Lipinski definition) is 4. The van der Waals surface area contributed by atoms with E-state index in [1.54, 1.807) is 11.0 Å². The Morgan fingerprint density at radius 1 is 1.19 bits per heavy atom. The second-order valence-corrected chi connectivity index (χ2v) is 7.67. The highest BCUT2D eigenvalue weighted by Crippen LogP contribution is 2.28. The quantitative estimate of drug-likeness (QED) is 0.805. The van der Waals surface area contributed by atoms with Crippen LogP contribution in [0, 0.1) is 5.82 Å². The molecule has 1 amide bonds.